The summed E-state index contributed by atoms with van der Waals surface area (Å²) in [5, 5.41) is 11.6. The Labute approximate surface area is 209 Å². The molecule has 1 heterocycles. The van der Waals surface area contributed by atoms with E-state index in [0.29, 0.717) is 12.2 Å². The van der Waals surface area contributed by atoms with Crippen molar-refractivity contribution in [3.8, 4) is 0 Å². The molecule has 0 radical (unpaired) electrons. The standard InChI is InChI=1S/C27H28Cl2O5/c1-15-11-18-19-7-6-16-12-17(30)8-9-25(16,2)27(19,29)22(31)13-20(18)26(15,3)23(14-28)34-24(32)21-5-4-10-33-21/h4-5,8-10,12,14-15,19,22,31H,6-7,11,13H2,1-3H3/b23-14+/t15-,19+,22+,25+,26-,27+/m1/s1. The number of carbonyl (C=O) groups excluding carboxylic acids is 2. The Kier molecular flexibility index (Phi) is 5.55. The molecule has 1 N–H and O–H groups in total. The van der Waals surface area contributed by atoms with Crippen LogP contribution in [0.5, 0.6) is 0 Å². The number of furan rings is 1. The zero-order chi connectivity index (χ0) is 24.5. The molecule has 0 aromatic carbocycles. The number of carbonyl (C=O) groups is 2. The van der Waals surface area contributed by atoms with E-state index in [1.54, 1.807) is 24.3 Å². The second-order valence-electron chi connectivity index (χ2n) is 10.3. The second kappa shape index (κ2) is 7.97. The number of alkyl halides is 1. The highest BCUT2D eigenvalue weighted by atomic mass is 35.5. The number of allylic oxidation sites excluding steroid dienone is 6. The number of halogens is 2. The van der Waals surface area contributed by atoms with E-state index in [1.165, 1.54) is 17.4 Å². The lowest BCUT2D eigenvalue weighted by atomic mass is 9.52. The molecule has 1 fully saturated rings. The monoisotopic (exact) mass is 502 g/mol. The van der Waals surface area contributed by atoms with E-state index in [1.807, 2.05) is 19.9 Å². The summed E-state index contributed by atoms with van der Waals surface area (Å²) in [5.41, 5.74) is 3.26. The molecule has 7 heteroatoms. The van der Waals surface area contributed by atoms with Gasteiger partial charge in [-0.3, -0.25) is 4.79 Å². The van der Waals surface area contributed by atoms with E-state index < -0.39 is 27.8 Å². The molecule has 0 bridgehead atoms. The molecule has 0 unspecified atom stereocenters. The number of ketones is 1. The Hall–Kier alpha value is -2.08. The van der Waals surface area contributed by atoms with Crippen molar-refractivity contribution in [1.29, 1.82) is 0 Å². The maximum atomic E-state index is 12.7. The summed E-state index contributed by atoms with van der Waals surface area (Å²) in [7, 11) is 0. The minimum atomic E-state index is -0.965. The molecule has 1 aromatic heterocycles. The van der Waals surface area contributed by atoms with E-state index in [-0.39, 0.29) is 23.4 Å². The fourth-order valence-electron chi connectivity index (χ4n) is 6.81. The Balaban J connectivity index is 1.56. The Morgan fingerprint density at radius 1 is 1.32 bits per heavy atom. The van der Waals surface area contributed by atoms with Crippen LogP contribution >= 0.6 is 23.2 Å². The molecule has 4 aliphatic carbocycles. The zero-order valence-corrected chi connectivity index (χ0v) is 20.9. The van der Waals surface area contributed by atoms with Crippen LogP contribution in [-0.2, 0) is 9.53 Å². The van der Waals surface area contributed by atoms with Gasteiger partial charge in [-0.2, -0.15) is 0 Å². The first-order chi connectivity index (χ1) is 16.1. The maximum Gasteiger partial charge on any atom is 0.379 e. The topological polar surface area (TPSA) is 76.7 Å². The third-order valence-electron chi connectivity index (χ3n) is 8.94. The smallest absolute Gasteiger partial charge is 0.379 e. The number of esters is 1. The fourth-order valence-corrected chi connectivity index (χ4v) is 7.59. The minimum absolute atomic E-state index is 0.0336. The van der Waals surface area contributed by atoms with Crippen molar-refractivity contribution in [1.82, 2.24) is 0 Å². The Morgan fingerprint density at radius 3 is 2.76 bits per heavy atom. The van der Waals surface area contributed by atoms with Crippen LogP contribution in [-0.4, -0.2) is 27.8 Å². The fraction of sp³-hybridized carbons (Fsp3) is 0.481. The molecule has 6 atom stereocenters. The highest BCUT2D eigenvalue weighted by molar-refractivity contribution is 6.26. The molecular formula is C27H28Cl2O5. The van der Waals surface area contributed by atoms with E-state index in [9.17, 15) is 14.7 Å². The Morgan fingerprint density at radius 2 is 2.09 bits per heavy atom. The third kappa shape index (κ3) is 3.03. The molecule has 0 saturated heterocycles. The van der Waals surface area contributed by atoms with Crippen molar-refractivity contribution in [2.75, 3.05) is 0 Å². The van der Waals surface area contributed by atoms with Crippen LogP contribution in [0.1, 0.15) is 57.0 Å². The molecule has 180 valence electrons. The van der Waals surface area contributed by atoms with Gasteiger partial charge in [0, 0.05) is 16.9 Å². The van der Waals surface area contributed by atoms with E-state index in [2.05, 4.69) is 6.92 Å². The quantitative estimate of drug-likeness (QED) is 0.234. The largest absolute Gasteiger partial charge is 0.457 e. The minimum Gasteiger partial charge on any atom is -0.457 e. The van der Waals surface area contributed by atoms with Gasteiger partial charge in [-0.1, -0.05) is 48.2 Å². The van der Waals surface area contributed by atoms with Crippen LogP contribution in [0.25, 0.3) is 0 Å². The first-order valence-electron chi connectivity index (χ1n) is 11.7. The molecule has 0 spiro atoms. The van der Waals surface area contributed by atoms with Gasteiger partial charge in [-0.05, 0) is 62.8 Å². The van der Waals surface area contributed by atoms with Crippen LogP contribution in [0.3, 0.4) is 0 Å². The highest BCUT2D eigenvalue weighted by Gasteiger charge is 2.65. The predicted octanol–water partition coefficient (Wildman–Crippen LogP) is 6.08. The van der Waals surface area contributed by atoms with Crippen molar-refractivity contribution in [3.05, 3.63) is 70.4 Å². The lowest BCUT2D eigenvalue weighted by molar-refractivity contribution is -0.110. The van der Waals surface area contributed by atoms with Gasteiger partial charge < -0.3 is 14.3 Å². The van der Waals surface area contributed by atoms with Gasteiger partial charge >= 0.3 is 5.97 Å². The van der Waals surface area contributed by atoms with Crippen molar-refractivity contribution in [2.24, 2.45) is 22.7 Å². The van der Waals surface area contributed by atoms with Gasteiger partial charge in [-0.25, -0.2) is 4.79 Å². The van der Waals surface area contributed by atoms with Gasteiger partial charge in [-0.15, -0.1) is 11.6 Å². The number of hydrogen-bond acceptors (Lipinski definition) is 5. The molecule has 0 amide bonds. The average molecular weight is 503 g/mol. The maximum absolute atomic E-state index is 12.7. The first-order valence-corrected chi connectivity index (χ1v) is 12.5. The number of aliphatic hydroxyl groups is 1. The van der Waals surface area contributed by atoms with Gasteiger partial charge in [0.2, 0.25) is 5.76 Å². The third-order valence-corrected chi connectivity index (χ3v) is 10.0. The molecule has 5 rings (SSSR count). The van der Waals surface area contributed by atoms with Crippen LogP contribution < -0.4 is 0 Å². The van der Waals surface area contributed by atoms with E-state index in [0.717, 1.165) is 30.4 Å². The summed E-state index contributed by atoms with van der Waals surface area (Å²) >= 11 is 13.7. The Bertz CT molecular complexity index is 1180. The predicted molar refractivity (Wildman–Crippen MR) is 129 cm³/mol. The number of rotatable bonds is 3. The van der Waals surface area contributed by atoms with Crippen LogP contribution in [0.4, 0.5) is 0 Å². The lowest BCUT2D eigenvalue weighted by Crippen LogP contribution is -2.61. The molecule has 0 aliphatic heterocycles. The zero-order valence-electron chi connectivity index (χ0n) is 19.4. The summed E-state index contributed by atoms with van der Waals surface area (Å²) in [4.78, 5) is 23.8. The van der Waals surface area contributed by atoms with Crippen LogP contribution in [0, 0.1) is 22.7 Å². The van der Waals surface area contributed by atoms with E-state index >= 15 is 0 Å². The van der Waals surface area contributed by atoms with Crippen molar-refractivity contribution >= 4 is 35.0 Å². The second-order valence-corrected chi connectivity index (χ2v) is 11.2. The summed E-state index contributed by atoms with van der Waals surface area (Å²) in [6, 6.07) is 3.17. The normalized spacial score (nSPS) is 39.4. The SMILES string of the molecule is C[C@@H]1CC2=C(C[C@H](O)[C@@]3(Cl)[C@H]2CCC2=CC(=O)C=C[C@@]23C)[C@]1(C)/C(=C\Cl)OC(=O)c1ccco1. The van der Waals surface area contributed by atoms with E-state index in [4.69, 9.17) is 32.4 Å². The molecule has 5 nitrogen and oxygen atoms in total. The van der Waals surface area contributed by atoms with Gasteiger partial charge in [0.05, 0.1) is 22.7 Å². The summed E-state index contributed by atoms with van der Waals surface area (Å²) in [6.07, 6.45) is 8.28. The highest BCUT2D eigenvalue weighted by Crippen LogP contribution is 2.67. The summed E-state index contributed by atoms with van der Waals surface area (Å²) in [6.45, 7) is 6.16. The summed E-state index contributed by atoms with van der Waals surface area (Å²) < 4.78 is 10.9. The molecule has 1 saturated carbocycles. The van der Waals surface area contributed by atoms with Crippen LogP contribution in [0.15, 0.2) is 69.1 Å². The number of ether oxygens (including phenoxy) is 1. The average Bonchev–Trinajstić information content (AvgIpc) is 3.42. The molecule has 1 aromatic rings. The van der Waals surface area contributed by atoms with Crippen molar-refractivity contribution in [2.45, 2.75) is 57.4 Å². The summed E-state index contributed by atoms with van der Waals surface area (Å²) in [5.74, 6) is -0.205. The van der Waals surface area contributed by atoms with Crippen LogP contribution in [0.2, 0.25) is 0 Å². The number of aliphatic hydroxyl groups excluding tert-OH is 1. The van der Waals surface area contributed by atoms with Crippen molar-refractivity contribution < 1.29 is 23.8 Å². The lowest BCUT2D eigenvalue weighted by Gasteiger charge is -2.58. The molecule has 4 aliphatic rings. The van der Waals surface area contributed by atoms with Gasteiger partial charge in [0.15, 0.2) is 5.78 Å². The van der Waals surface area contributed by atoms with Gasteiger partial charge in [0.25, 0.3) is 0 Å². The van der Waals surface area contributed by atoms with Crippen molar-refractivity contribution in [3.63, 3.8) is 0 Å². The first kappa shape index (κ1) is 23.7. The molecular weight excluding hydrogens is 475 g/mol. The molecule has 34 heavy (non-hydrogen) atoms. The van der Waals surface area contributed by atoms with Gasteiger partial charge in [0.1, 0.15) is 5.76 Å². The number of hydrogen-bond donors (Lipinski definition) is 1. The number of fused-ring (bicyclic) bond motifs is 4.